The monoisotopic (exact) mass is 337 g/mol. The van der Waals surface area contributed by atoms with Crippen LogP contribution in [0.3, 0.4) is 0 Å². The molecule has 24 heavy (non-hydrogen) atoms. The van der Waals surface area contributed by atoms with Gasteiger partial charge in [-0.3, -0.25) is 0 Å². The Bertz CT molecular complexity index is 560. The first kappa shape index (κ1) is 17.2. The van der Waals surface area contributed by atoms with Crippen molar-refractivity contribution >= 4 is 6.09 Å². The van der Waals surface area contributed by atoms with E-state index in [0.29, 0.717) is 11.8 Å². The molecule has 0 bridgehead atoms. The second kappa shape index (κ2) is 7.09. The third kappa shape index (κ3) is 4.69. The highest BCUT2D eigenvalue weighted by Gasteiger charge is 2.30. The van der Waals surface area contributed by atoms with Gasteiger partial charge >= 0.3 is 6.09 Å². The molecule has 0 aromatic carbocycles. The van der Waals surface area contributed by atoms with E-state index in [1.807, 2.05) is 20.8 Å². The summed E-state index contributed by atoms with van der Waals surface area (Å²) in [6.45, 7) is 6.37. The van der Waals surface area contributed by atoms with Crippen LogP contribution in [0.2, 0.25) is 0 Å². The molecule has 7 nitrogen and oxygen atoms in total. The summed E-state index contributed by atoms with van der Waals surface area (Å²) < 4.78 is 16.2. The molecule has 3 rings (SSSR count). The van der Waals surface area contributed by atoms with Crippen molar-refractivity contribution < 1.29 is 18.8 Å². The second-order valence-corrected chi connectivity index (χ2v) is 7.78. The lowest BCUT2D eigenvalue weighted by molar-refractivity contribution is 0.0504. The number of rotatable bonds is 4. The number of ether oxygens (including phenoxy) is 2. The van der Waals surface area contributed by atoms with E-state index in [2.05, 4.69) is 15.5 Å². The molecule has 3 atom stereocenters. The minimum absolute atomic E-state index is 0.0311. The fourth-order valence-corrected chi connectivity index (χ4v) is 3.38. The zero-order chi connectivity index (χ0) is 17.2. The molecule has 1 aromatic heterocycles. The Hall–Kier alpha value is -1.63. The molecule has 2 heterocycles. The maximum absolute atomic E-state index is 11.8. The van der Waals surface area contributed by atoms with E-state index in [0.717, 1.165) is 51.0 Å². The number of carbonyl (C=O) groups excluding carboxylic acids is 1. The Morgan fingerprint density at radius 3 is 2.88 bits per heavy atom. The summed E-state index contributed by atoms with van der Waals surface area (Å²) in [4.78, 5) is 16.3. The minimum atomic E-state index is -0.467. The molecule has 7 heteroatoms. The van der Waals surface area contributed by atoms with E-state index in [1.54, 1.807) is 0 Å². The number of nitrogens with zero attached hydrogens (tertiary/aromatic N) is 2. The lowest BCUT2D eigenvalue weighted by Gasteiger charge is -2.21. The lowest BCUT2D eigenvalue weighted by atomic mass is 10.0. The van der Waals surface area contributed by atoms with Gasteiger partial charge in [0.05, 0.1) is 0 Å². The van der Waals surface area contributed by atoms with Crippen molar-refractivity contribution in [3.8, 4) is 0 Å². The molecule has 2 aliphatic rings. The Kier molecular flexibility index (Phi) is 5.08. The Labute approximate surface area is 142 Å². The van der Waals surface area contributed by atoms with E-state index in [9.17, 15) is 4.79 Å². The van der Waals surface area contributed by atoms with Gasteiger partial charge in [-0.15, -0.1) is 0 Å². The van der Waals surface area contributed by atoms with Gasteiger partial charge in [0.2, 0.25) is 0 Å². The molecule has 1 amide bonds. The summed E-state index contributed by atoms with van der Waals surface area (Å²) in [5.74, 6) is 1.80. The van der Waals surface area contributed by atoms with Crippen molar-refractivity contribution in [2.24, 2.45) is 5.92 Å². The molecule has 1 unspecified atom stereocenters. The lowest BCUT2D eigenvalue weighted by Crippen LogP contribution is -2.38. The second-order valence-electron chi connectivity index (χ2n) is 7.78. The Balaban J connectivity index is 1.45. The van der Waals surface area contributed by atoms with Crippen LogP contribution in [0.1, 0.15) is 70.7 Å². The van der Waals surface area contributed by atoms with E-state index >= 15 is 0 Å². The molecule has 1 aliphatic heterocycles. The predicted octanol–water partition coefficient (Wildman–Crippen LogP) is 3.16. The van der Waals surface area contributed by atoms with Gasteiger partial charge in [0.25, 0.3) is 5.89 Å². The molecule has 2 fully saturated rings. The fraction of sp³-hybridized carbons (Fsp3) is 0.824. The van der Waals surface area contributed by atoms with E-state index in [4.69, 9.17) is 14.0 Å². The topological polar surface area (TPSA) is 86.5 Å². The van der Waals surface area contributed by atoms with Crippen LogP contribution in [0, 0.1) is 5.92 Å². The summed E-state index contributed by atoms with van der Waals surface area (Å²) >= 11 is 0. The van der Waals surface area contributed by atoms with Crippen LogP contribution in [0.4, 0.5) is 4.79 Å². The standard InChI is InChI=1S/C17H27N3O4/c1-17(2,3)23-16(21)18-12-7-6-11(9-12)10-14-19-15(24-20-14)13-5-4-8-22-13/h11-13H,4-10H2,1-3H3,(H,18,21)/t11-,12+,13?/m1/s1. The molecule has 1 aliphatic carbocycles. The van der Waals surface area contributed by atoms with Crippen molar-refractivity contribution in [2.45, 2.75) is 77.0 Å². The van der Waals surface area contributed by atoms with Crippen LogP contribution in [0.15, 0.2) is 4.52 Å². The molecule has 134 valence electrons. The van der Waals surface area contributed by atoms with Gasteiger partial charge < -0.3 is 19.3 Å². The molecule has 1 saturated heterocycles. The molecular weight excluding hydrogens is 310 g/mol. The van der Waals surface area contributed by atoms with E-state index in [1.165, 1.54) is 0 Å². The highest BCUT2D eigenvalue weighted by molar-refractivity contribution is 5.68. The highest BCUT2D eigenvalue weighted by atomic mass is 16.6. The van der Waals surface area contributed by atoms with E-state index in [-0.39, 0.29) is 18.2 Å². The molecular formula is C17H27N3O4. The third-order valence-electron chi connectivity index (χ3n) is 4.42. The van der Waals surface area contributed by atoms with Crippen LogP contribution in [-0.2, 0) is 15.9 Å². The third-order valence-corrected chi connectivity index (χ3v) is 4.42. The Morgan fingerprint density at radius 1 is 1.33 bits per heavy atom. The van der Waals surface area contributed by atoms with Gasteiger partial charge in [0, 0.05) is 19.1 Å². The molecule has 0 radical (unpaired) electrons. The van der Waals surface area contributed by atoms with Crippen LogP contribution in [0.25, 0.3) is 0 Å². The van der Waals surface area contributed by atoms with Crippen LogP contribution >= 0.6 is 0 Å². The maximum atomic E-state index is 11.8. The fourth-order valence-electron chi connectivity index (χ4n) is 3.38. The largest absolute Gasteiger partial charge is 0.444 e. The first-order valence-corrected chi connectivity index (χ1v) is 8.82. The highest BCUT2D eigenvalue weighted by Crippen LogP contribution is 2.30. The average Bonchev–Trinajstić information content (AvgIpc) is 3.18. The van der Waals surface area contributed by atoms with Gasteiger partial charge in [-0.1, -0.05) is 5.16 Å². The van der Waals surface area contributed by atoms with Crippen molar-refractivity contribution in [1.82, 2.24) is 15.5 Å². The van der Waals surface area contributed by atoms with Gasteiger partial charge in [-0.05, 0) is 58.8 Å². The summed E-state index contributed by atoms with van der Waals surface area (Å²) in [7, 11) is 0. The number of hydrogen-bond acceptors (Lipinski definition) is 6. The van der Waals surface area contributed by atoms with E-state index < -0.39 is 5.60 Å². The minimum Gasteiger partial charge on any atom is -0.444 e. The molecule has 1 N–H and O–H groups in total. The van der Waals surface area contributed by atoms with Gasteiger partial charge in [0.1, 0.15) is 11.7 Å². The smallest absolute Gasteiger partial charge is 0.407 e. The summed E-state index contributed by atoms with van der Waals surface area (Å²) in [5, 5.41) is 7.04. The van der Waals surface area contributed by atoms with Crippen molar-refractivity contribution in [2.75, 3.05) is 6.61 Å². The Morgan fingerprint density at radius 2 is 2.17 bits per heavy atom. The zero-order valence-electron chi connectivity index (χ0n) is 14.7. The molecule has 1 aromatic rings. The maximum Gasteiger partial charge on any atom is 0.407 e. The quantitative estimate of drug-likeness (QED) is 0.908. The van der Waals surface area contributed by atoms with Gasteiger partial charge in [-0.2, -0.15) is 4.98 Å². The first-order chi connectivity index (χ1) is 11.4. The SMILES string of the molecule is CC(C)(C)OC(=O)N[C@H]1CC[C@@H](Cc2noc(C3CCCO3)n2)C1. The molecule has 1 saturated carbocycles. The first-order valence-electron chi connectivity index (χ1n) is 8.82. The zero-order valence-corrected chi connectivity index (χ0v) is 14.7. The predicted molar refractivity (Wildman–Crippen MR) is 86.4 cm³/mol. The van der Waals surface area contributed by atoms with Crippen LogP contribution in [-0.4, -0.2) is 34.5 Å². The number of nitrogens with one attached hydrogen (secondary N) is 1. The summed E-state index contributed by atoms with van der Waals surface area (Å²) in [6.07, 6.45) is 5.33. The number of carbonyl (C=O) groups is 1. The van der Waals surface area contributed by atoms with Gasteiger partial charge in [0.15, 0.2) is 5.82 Å². The molecule has 0 spiro atoms. The average molecular weight is 337 g/mol. The summed E-state index contributed by atoms with van der Waals surface area (Å²) in [5.41, 5.74) is -0.467. The number of aromatic nitrogens is 2. The van der Waals surface area contributed by atoms with Crippen LogP contribution in [0.5, 0.6) is 0 Å². The van der Waals surface area contributed by atoms with Gasteiger partial charge in [-0.25, -0.2) is 4.79 Å². The number of hydrogen-bond donors (Lipinski definition) is 1. The van der Waals surface area contributed by atoms with Crippen molar-refractivity contribution in [3.63, 3.8) is 0 Å². The van der Waals surface area contributed by atoms with Crippen LogP contribution < -0.4 is 5.32 Å². The normalized spacial score (nSPS) is 27.4. The van der Waals surface area contributed by atoms with Crippen molar-refractivity contribution in [3.05, 3.63) is 11.7 Å². The number of amides is 1. The summed E-state index contributed by atoms with van der Waals surface area (Å²) in [6, 6.07) is 0.161. The number of alkyl carbamates (subject to hydrolysis) is 1. The van der Waals surface area contributed by atoms with Crippen molar-refractivity contribution in [1.29, 1.82) is 0 Å².